The van der Waals surface area contributed by atoms with E-state index in [1.165, 1.54) is 0 Å². The van der Waals surface area contributed by atoms with Crippen molar-refractivity contribution < 1.29 is 18.7 Å². The molecule has 1 saturated carbocycles. The topological polar surface area (TPSA) is 49.3 Å². The van der Waals surface area contributed by atoms with Gasteiger partial charge in [-0.15, -0.1) is 0 Å². The van der Waals surface area contributed by atoms with Crippen molar-refractivity contribution in [1.82, 2.24) is 5.32 Å². The van der Waals surface area contributed by atoms with Crippen molar-refractivity contribution >= 4 is 5.91 Å². The zero-order valence-corrected chi connectivity index (χ0v) is 9.51. The number of amides is 1. The first kappa shape index (κ1) is 13.4. The number of rotatable bonds is 5. The van der Waals surface area contributed by atoms with E-state index in [0.717, 1.165) is 32.1 Å². The molecule has 1 aliphatic rings. The molecule has 1 rings (SSSR count). The maximum absolute atomic E-state index is 12.0. The average Bonchev–Trinajstić information content (AvgIpc) is 2.74. The maximum atomic E-state index is 12.0. The highest BCUT2D eigenvalue weighted by Gasteiger charge is 2.39. The van der Waals surface area contributed by atoms with Crippen LogP contribution in [0.15, 0.2) is 0 Å². The van der Waals surface area contributed by atoms with Crippen molar-refractivity contribution in [2.75, 3.05) is 6.54 Å². The summed E-state index contributed by atoms with van der Waals surface area (Å²) in [4.78, 5) is 11.9. The van der Waals surface area contributed by atoms with Crippen LogP contribution in [0.2, 0.25) is 0 Å². The van der Waals surface area contributed by atoms with E-state index in [1.807, 2.05) is 6.92 Å². The van der Waals surface area contributed by atoms with Gasteiger partial charge in [-0.25, -0.2) is 8.78 Å². The number of aliphatic hydroxyl groups is 1. The first-order valence-corrected chi connectivity index (χ1v) is 5.76. The second-order valence-electron chi connectivity index (χ2n) is 4.45. The zero-order valence-electron chi connectivity index (χ0n) is 9.51. The molecule has 0 aliphatic heterocycles. The van der Waals surface area contributed by atoms with E-state index in [0.29, 0.717) is 0 Å². The highest BCUT2D eigenvalue weighted by molar-refractivity contribution is 5.82. The minimum absolute atomic E-state index is 0.188. The van der Waals surface area contributed by atoms with Gasteiger partial charge >= 0.3 is 0 Å². The van der Waals surface area contributed by atoms with Gasteiger partial charge in [0, 0.05) is 12.0 Å². The van der Waals surface area contributed by atoms with Crippen LogP contribution in [0.1, 0.15) is 39.0 Å². The molecule has 5 heteroatoms. The molecule has 16 heavy (non-hydrogen) atoms. The molecule has 1 aliphatic carbocycles. The lowest BCUT2D eigenvalue weighted by Crippen LogP contribution is -2.43. The summed E-state index contributed by atoms with van der Waals surface area (Å²) in [7, 11) is 0. The molecule has 94 valence electrons. The second-order valence-corrected chi connectivity index (χ2v) is 4.45. The Hall–Kier alpha value is -0.710. The molecule has 0 aromatic rings. The molecule has 0 aromatic carbocycles. The fraction of sp³-hybridized carbons (Fsp3) is 0.909. The minimum atomic E-state index is -2.80. The quantitative estimate of drug-likeness (QED) is 0.762. The number of carbonyl (C=O) groups excluding carboxylic acids is 1. The number of aliphatic hydroxyl groups excluding tert-OH is 1. The molecule has 0 saturated heterocycles. The van der Waals surface area contributed by atoms with Crippen molar-refractivity contribution in [3.8, 4) is 0 Å². The third kappa shape index (κ3) is 2.90. The molecule has 0 spiro atoms. The molecular formula is C11H19F2NO2. The van der Waals surface area contributed by atoms with E-state index in [1.54, 1.807) is 0 Å². The first-order valence-electron chi connectivity index (χ1n) is 5.76. The first-order chi connectivity index (χ1) is 7.52. The Bertz CT molecular complexity index is 240. The number of nitrogens with one attached hydrogen (secondary N) is 1. The summed E-state index contributed by atoms with van der Waals surface area (Å²) in [6.07, 6.45) is -0.179. The van der Waals surface area contributed by atoms with Crippen LogP contribution < -0.4 is 5.32 Å². The van der Waals surface area contributed by atoms with Crippen LogP contribution in [0.5, 0.6) is 0 Å². The second kappa shape index (κ2) is 5.57. The Morgan fingerprint density at radius 2 is 2.00 bits per heavy atom. The van der Waals surface area contributed by atoms with Gasteiger partial charge in [-0.2, -0.15) is 0 Å². The smallest absolute Gasteiger partial charge is 0.265 e. The van der Waals surface area contributed by atoms with Crippen LogP contribution in [-0.4, -0.2) is 30.1 Å². The summed E-state index contributed by atoms with van der Waals surface area (Å²) >= 11 is 0. The Labute approximate surface area is 94.2 Å². The Balaban J connectivity index is 2.45. The standard InChI is InChI=1S/C11H19F2NO2/c1-2-11(5-3-4-6-11)10(16)14-7-8(15)9(12)13/h8-9,15H,2-7H2,1H3,(H,14,16). The van der Waals surface area contributed by atoms with E-state index in [2.05, 4.69) is 5.32 Å². The van der Waals surface area contributed by atoms with Gasteiger partial charge in [-0.05, 0) is 19.3 Å². The summed E-state index contributed by atoms with van der Waals surface area (Å²) in [6.45, 7) is 1.58. The van der Waals surface area contributed by atoms with Gasteiger partial charge in [0.25, 0.3) is 6.43 Å². The van der Waals surface area contributed by atoms with Crippen molar-refractivity contribution in [1.29, 1.82) is 0 Å². The lowest BCUT2D eigenvalue weighted by atomic mass is 9.82. The molecule has 1 unspecified atom stereocenters. The molecule has 0 heterocycles. The van der Waals surface area contributed by atoms with E-state index < -0.39 is 12.5 Å². The fourth-order valence-corrected chi connectivity index (χ4v) is 2.27. The molecule has 0 radical (unpaired) electrons. The van der Waals surface area contributed by atoms with E-state index in [-0.39, 0.29) is 17.9 Å². The third-order valence-electron chi connectivity index (χ3n) is 3.48. The molecule has 1 fully saturated rings. The SMILES string of the molecule is CCC1(C(=O)NCC(O)C(F)F)CCCC1. The zero-order chi connectivity index (χ0) is 12.2. The molecule has 0 bridgehead atoms. The molecule has 1 atom stereocenters. The number of halogens is 2. The third-order valence-corrected chi connectivity index (χ3v) is 3.48. The van der Waals surface area contributed by atoms with E-state index in [9.17, 15) is 13.6 Å². The van der Waals surface area contributed by atoms with Crippen molar-refractivity contribution in [2.45, 2.75) is 51.6 Å². The molecule has 1 amide bonds. The summed E-state index contributed by atoms with van der Waals surface area (Å²) < 4.78 is 24.1. The highest BCUT2D eigenvalue weighted by atomic mass is 19.3. The van der Waals surface area contributed by atoms with Crippen LogP contribution in [-0.2, 0) is 4.79 Å². The maximum Gasteiger partial charge on any atom is 0.265 e. The van der Waals surface area contributed by atoms with Gasteiger partial charge in [-0.3, -0.25) is 4.79 Å². The highest BCUT2D eigenvalue weighted by Crippen LogP contribution is 2.41. The molecule has 0 aromatic heterocycles. The van der Waals surface area contributed by atoms with Gasteiger partial charge < -0.3 is 10.4 Å². The number of carbonyl (C=O) groups is 1. The Morgan fingerprint density at radius 1 is 1.44 bits per heavy atom. The van der Waals surface area contributed by atoms with Crippen LogP contribution in [0.4, 0.5) is 8.78 Å². The largest absolute Gasteiger partial charge is 0.385 e. The van der Waals surface area contributed by atoms with Gasteiger partial charge in [0.05, 0.1) is 0 Å². The predicted molar refractivity (Wildman–Crippen MR) is 56.2 cm³/mol. The van der Waals surface area contributed by atoms with Gasteiger partial charge in [0.15, 0.2) is 0 Å². The van der Waals surface area contributed by atoms with E-state index >= 15 is 0 Å². The van der Waals surface area contributed by atoms with Crippen molar-refractivity contribution in [3.63, 3.8) is 0 Å². The number of alkyl halides is 2. The summed E-state index contributed by atoms with van der Waals surface area (Å²) in [5.74, 6) is -0.188. The minimum Gasteiger partial charge on any atom is -0.385 e. The van der Waals surface area contributed by atoms with Crippen LogP contribution in [0.3, 0.4) is 0 Å². The van der Waals surface area contributed by atoms with Crippen LogP contribution in [0.25, 0.3) is 0 Å². The Morgan fingerprint density at radius 3 is 2.44 bits per heavy atom. The lowest BCUT2D eigenvalue weighted by Gasteiger charge is -2.26. The van der Waals surface area contributed by atoms with Crippen LogP contribution >= 0.6 is 0 Å². The lowest BCUT2D eigenvalue weighted by molar-refractivity contribution is -0.132. The fourth-order valence-electron chi connectivity index (χ4n) is 2.27. The van der Waals surface area contributed by atoms with Gasteiger partial charge in [-0.1, -0.05) is 19.8 Å². The normalized spacial score (nSPS) is 21.1. The number of hydrogen-bond acceptors (Lipinski definition) is 2. The van der Waals surface area contributed by atoms with Gasteiger partial charge in [0.2, 0.25) is 5.91 Å². The summed E-state index contributed by atoms with van der Waals surface area (Å²) in [5, 5.41) is 11.3. The predicted octanol–water partition coefficient (Wildman–Crippen LogP) is 1.70. The molecular weight excluding hydrogens is 216 g/mol. The van der Waals surface area contributed by atoms with Crippen LogP contribution in [0, 0.1) is 5.41 Å². The average molecular weight is 235 g/mol. The number of hydrogen-bond donors (Lipinski definition) is 2. The molecule has 2 N–H and O–H groups in total. The monoisotopic (exact) mass is 235 g/mol. The van der Waals surface area contributed by atoms with E-state index in [4.69, 9.17) is 5.11 Å². The molecule has 3 nitrogen and oxygen atoms in total. The summed E-state index contributed by atoms with van der Waals surface area (Å²) in [6, 6.07) is 0. The summed E-state index contributed by atoms with van der Waals surface area (Å²) in [5.41, 5.74) is -0.387. The van der Waals surface area contributed by atoms with Gasteiger partial charge in [0.1, 0.15) is 6.10 Å². The Kier molecular flexibility index (Phi) is 4.65. The van der Waals surface area contributed by atoms with Crippen molar-refractivity contribution in [3.05, 3.63) is 0 Å². The van der Waals surface area contributed by atoms with Crippen molar-refractivity contribution in [2.24, 2.45) is 5.41 Å².